The molecule has 0 aromatic carbocycles. The van der Waals surface area contributed by atoms with Crippen LogP contribution in [0, 0.1) is 0 Å². The quantitative estimate of drug-likeness (QED) is 0.823. The van der Waals surface area contributed by atoms with Crippen LogP contribution in [0.4, 0.5) is 0 Å². The highest BCUT2D eigenvalue weighted by Crippen LogP contribution is 2.20. The van der Waals surface area contributed by atoms with Crippen molar-refractivity contribution in [2.45, 2.75) is 25.9 Å². The van der Waals surface area contributed by atoms with Crippen molar-refractivity contribution in [2.75, 3.05) is 13.1 Å². The van der Waals surface area contributed by atoms with E-state index in [-0.39, 0.29) is 5.78 Å². The third-order valence-corrected chi connectivity index (χ3v) is 3.90. The topological polar surface area (TPSA) is 77.6 Å². The first-order valence-electron chi connectivity index (χ1n) is 6.59. The van der Waals surface area contributed by atoms with E-state index in [0.29, 0.717) is 28.4 Å². The second-order valence-corrected chi connectivity index (χ2v) is 5.64. The van der Waals surface area contributed by atoms with Gasteiger partial charge >= 0.3 is 0 Å². The second-order valence-electron chi connectivity index (χ2n) is 4.79. The molecule has 1 N–H and O–H groups in total. The van der Waals surface area contributed by atoms with Crippen molar-refractivity contribution in [3.63, 3.8) is 0 Å². The number of hydrogen-bond acceptors (Lipinski definition) is 5. The smallest absolute Gasteiger partial charge is 0.234 e. The van der Waals surface area contributed by atoms with Crippen LogP contribution in [0.2, 0.25) is 0 Å². The van der Waals surface area contributed by atoms with Crippen LogP contribution in [0.5, 0.6) is 0 Å². The van der Waals surface area contributed by atoms with Crippen LogP contribution in [-0.4, -0.2) is 43.6 Å². The number of hydrogen-bond donors (Lipinski definition) is 1. The molecule has 0 aliphatic carbocycles. The zero-order valence-electron chi connectivity index (χ0n) is 11.1. The molecule has 1 aliphatic heterocycles. The van der Waals surface area contributed by atoms with Crippen molar-refractivity contribution < 1.29 is 4.79 Å². The molecule has 0 saturated carbocycles. The molecule has 0 unspecified atom stereocenters. The fourth-order valence-corrected chi connectivity index (χ4v) is 2.59. The predicted molar refractivity (Wildman–Crippen MR) is 75.6 cm³/mol. The summed E-state index contributed by atoms with van der Waals surface area (Å²) in [5.41, 5.74) is 0.890. The number of nitrogens with zero attached hydrogens (tertiary/aromatic N) is 5. The molecule has 20 heavy (non-hydrogen) atoms. The van der Waals surface area contributed by atoms with Crippen molar-refractivity contribution >= 4 is 21.7 Å². The Morgan fingerprint density at radius 3 is 3.00 bits per heavy atom. The zero-order chi connectivity index (χ0) is 14.1. The van der Waals surface area contributed by atoms with Crippen molar-refractivity contribution in [2.24, 2.45) is 0 Å². The molecule has 2 aromatic rings. The van der Waals surface area contributed by atoms with E-state index in [1.165, 1.54) is 0 Å². The fourth-order valence-electron chi connectivity index (χ4n) is 2.11. The molecule has 0 spiro atoms. The minimum absolute atomic E-state index is 0.152. The Morgan fingerprint density at radius 1 is 1.55 bits per heavy atom. The van der Waals surface area contributed by atoms with Gasteiger partial charge in [-0.2, -0.15) is 5.10 Å². The minimum atomic E-state index is -0.152. The van der Waals surface area contributed by atoms with Crippen LogP contribution in [0.15, 0.2) is 16.9 Å². The molecule has 1 aliphatic rings. The molecule has 3 heterocycles. The number of aryl methyl sites for hydroxylation is 1. The molecule has 1 fully saturated rings. The normalized spacial score (nSPS) is 15.3. The van der Waals surface area contributed by atoms with Crippen molar-refractivity contribution in [1.29, 1.82) is 0 Å². The van der Waals surface area contributed by atoms with Crippen molar-refractivity contribution in [1.82, 2.24) is 30.1 Å². The van der Waals surface area contributed by atoms with E-state index >= 15 is 0 Å². The standard InChI is InChI=1S/C12H15BrN6O/c1-2-3-18-11(9(13)6-15-18)12(20)10-7-19(17-16-10)8-4-14-5-8/h6-8,14H,2-5H2,1H3. The molecule has 8 heteroatoms. The van der Waals surface area contributed by atoms with Crippen molar-refractivity contribution in [3.05, 3.63) is 28.3 Å². The first-order valence-corrected chi connectivity index (χ1v) is 7.38. The number of ketones is 1. The largest absolute Gasteiger partial charge is 0.312 e. The number of carbonyl (C=O) groups is 1. The third kappa shape index (κ3) is 2.29. The molecule has 2 aromatic heterocycles. The number of aromatic nitrogens is 5. The molecule has 0 amide bonds. The van der Waals surface area contributed by atoms with Gasteiger partial charge in [-0.15, -0.1) is 5.10 Å². The molecular formula is C12H15BrN6O. The molecule has 0 atom stereocenters. The zero-order valence-corrected chi connectivity index (χ0v) is 12.7. The summed E-state index contributed by atoms with van der Waals surface area (Å²) in [5, 5.41) is 15.4. The Balaban J connectivity index is 1.88. The minimum Gasteiger partial charge on any atom is -0.312 e. The van der Waals surface area contributed by atoms with Crippen LogP contribution in [-0.2, 0) is 6.54 Å². The van der Waals surface area contributed by atoms with E-state index < -0.39 is 0 Å². The maximum atomic E-state index is 12.5. The predicted octanol–water partition coefficient (Wildman–Crippen LogP) is 1.02. The van der Waals surface area contributed by atoms with Gasteiger partial charge in [0.2, 0.25) is 5.78 Å². The van der Waals surface area contributed by atoms with E-state index in [4.69, 9.17) is 0 Å². The van der Waals surface area contributed by atoms with E-state index in [1.807, 2.05) is 6.92 Å². The van der Waals surface area contributed by atoms with Gasteiger partial charge in [-0.1, -0.05) is 12.1 Å². The van der Waals surface area contributed by atoms with Crippen LogP contribution >= 0.6 is 15.9 Å². The number of nitrogens with one attached hydrogen (secondary N) is 1. The first kappa shape index (κ1) is 13.4. The second kappa shape index (κ2) is 5.45. The maximum absolute atomic E-state index is 12.5. The Bertz CT molecular complexity index is 630. The summed E-state index contributed by atoms with van der Waals surface area (Å²) in [6.07, 6.45) is 4.27. The maximum Gasteiger partial charge on any atom is 0.234 e. The van der Waals surface area contributed by atoms with Gasteiger partial charge in [-0.05, 0) is 22.4 Å². The lowest BCUT2D eigenvalue weighted by Crippen LogP contribution is -2.43. The summed E-state index contributed by atoms with van der Waals surface area (Å²) in [7, 11) is 0. The first-order chi connectivity index (χ1) is 9.70. The van der Waals surface area contributed by atoms with Crippen LogP contribution in [0.3, 0.4) is 0 Å². The Morgan fingerprint density at radius 2 is 2.35 bits per heavy atom. The van der Waals surface area contributed by atoms with Gasteiger partial charge in [0.1, 0.15) is 5.69 Å². The van der Waals surface area contributed by atoms with E-state index in [9.17, 15) is 4.79 Å². The van der Waals surface area contributed by atoms with Crippen molar-refractivity contribution in [3.8, 4) is 0 Å². The highest BCUT2D eigenvalue weighted by Gasteiger charge is 2.25. The fraction of sp³-hybridized carbons (Fsp3) is 0.500. The molecule has 7 nitrogen and oxygen atoms in total. The molecule has 0 radical (unpaired) electrons. The van der Waals surface area contributed by atoms with Gasteiger partial charge in [0.15, 0.2) is 5.69 Å². The molecular weight excluding hydrogens is 324 g/mol. The average Bonchev–Trinajstić information content (AvgIpc) is 2.95. The summed E-state index contributed by atoms with van der Waals surface area (Å²) in [4.78, 5) is 12.5. The van der Waals surface area contributed by atoms with Gasteiger partial charge in [0.25, 0.3) is 0 Å². The van der Waals surface area contributed by atoms with E-state index in [2.05, 4.69) is 36.7 Å². The molecule has 106 valence electrons. The lowest BCUT2D eigenvalue weighted by molar-refractivity contribution is 0.102. The Hall–Kier alpha value is -1.54. The SMILES string of the molecule is CCCn1ncc(Br)c1C(=O)c1cn(C2CNC2)nn1. The average molecular weight is 339 g/mol. The Kier molecular flexibility index (Phi) is 3.66. The van der Waals surface area contributed by atoms with E-state index in [0.717, 1.165) is 19.5 Å². The summed E-state index contributed by atoms with van der Waals surface area (Å²) in [6, 6.07) is 0.299. The van der Waals surface area contributed by atoms with Gasteiger partial charge in [0.05, 0.1) is 22.9 Å². The molecule has 0 bridgehead atoms. The third-order valence-electron chi connectivity index (χ3n) is 3.32. The van der Waals surface area contributed by atoms with Gasteiger partial charge in [-0.25, -0.2) is 4.68 Å². The van der Waals surface area contributed by atoms with E-state index in [1.54, 1.807) is 21.8 Å². The molecule has 3 rings (SSSR count). The van der Waals surface area contributed by atoms with Gasteiger partial charge in [0, 0.05) is 19.6 Å². The highest BCUT2D eigenvalue weighted by atomic mass is 79.9. The van der Waals surface area contributed by atoms with Gasteiger partial charge in [-0.3, -0.25) is 9.48 Å². The number of halogens is 1. The summed E-state index contributed by atoms with van der Waals surface area (Å²) in [6.45, 7) is 4.49. The lowest BCUT2D eigenvalue weighted by Gasteiger charge is -2.26. The summed E-state index contributed by atoms with van der Waals surface area (Å²) < 4.78 is 4.14. The monoisotopic (exact) mass is 338 g/mol. The summed E-state index contributed by atoms with van der Waals surface area (Å²) in [5.74, 6) is -0.152. The van der Waals surface area contributed by atoms with Gasteiger partial charge < -0.3 is 5.32 Å². The lowest BCUT2D eigenvalue weighted by atomic mass is 10.2. The summed E-state index contributed by atoms with van der Waals surface area (Å²) >= 11 is 3.38. The number of carbonyl (C=O) groups excluding carboxylic acids is 1. The van der Waals surface area contributed by atoms with Crippen LogP contribution in [0.1, 0.15) is 35.6 Å². The van der Waals surface area contributed by atoms with Crippen LogP contribution in [0.25, 0.3) is 0 Å². The Labute approximate surface area is 124 Å². The van der Waals surface area contributed by atoms with Crippen LogP contribution < -0.4 is 5.32 Å². The number of rotatable bonds is 5. The highest BCUT2D eigenvalue weighted by molar-refractivity contribution is 9.10. The molecule has 1 saturated heterocycles.